The normalized spacial score (nSPS) is 9.31. The van der Waals surface area contributed by atoms with E-state index in [-0.39, 0.29) is 0 Å². The molecule has 0 saturated heterocycles. The second-order valence-electron chi connectivity index (χ2n) is 2.83. The molecular weight excluding hydrogens is 165 g/mol. The van der Waals surface area contributed by atoms with Gasteiger partial charge in [0.25, 0.3) is 0 Å². The second-order valence-corrected chi connectivity index (χ2v) is 2.83. The first-order valence-electron chi connectivity index (χ1n) is 4.07. The minimum absolute atomic E-state index is 0.325. The molecule has 0 aromatic heterocycles. The van der Waals surface area contributed by atoms with Crippen molar-refractivity contribution < 1.29 is 10.0 Å². The zero-order valence-electron chi connectivity index (χ0n) is 7.14. The highest BCUT2D eigenvalue weighted by atomic mass is 16.4. The fraction of sp³-hybridized carbons (Fsp3) is 0.222. The zero-order chi connectivity index (χ0) is 9.68. The molecule has 0 bridgehead atoms. The fourth-order valence-corrected chi connectivity index (χ4v) is 1.04. The van der Waals surface area contributed by atoms with E-state index < -0.39 is 7.12 Å². The van der Waals surface area contributed by atoms with E-state index in [1.807, 2.05) is 18.2 Å². The summed E-state index contributed by atoms with van der Waals surface area (Å²) in [6.07, 6.45) is 0.940. The van der Waals surface area contributed by atoms with E-state index in [9.17, 15) is 0 Å². The Labute approximate surface area is 77.4 Å². The molecule has 13 heavy (non-hydrogen) atoms. The van der Waals surface area contributed by atoms with Gasteiger partial charge in [0, 0.05) is 0 Å². The minimum Gasteiger partial charge on any atom is -0.427 e. The molecular formula is C9H10BNO2. The Morgan fingerprint density at radius 3 is 2.31 bits per heavy atom. The van der Waals surface area contributed by atoms with Crippen LogP contribution in [0.15, 0.2) is 24.3 Å². The Morgan fingerprint density at radius 2 is 1.85 bits per heavy atom. The largest absolute Gasteiger partial charge is 0.451 e. The van der Waals surface area contributed by atoms with E-state index in [1.165, 1.54) is 0 Å². The fourth-order valence-electron chi connectivity index (χ4n) is 1.04. The highest BCUT2D eigenvalue weighted by Gasteiger charge is 2.05. The summed E-state index contributed by atoms with van der Waals surface area (Å²) in [6, 6.07) is 9.10. The first-order chi connectivity index (χ1) is 6.22. The maximum atomic E-state index is 8.62. The molecule has 0 radical (unpaired) electrons. The molecule has 0 amide bonds. The first kappa shape index (κ1) is 9.78. The maximum Gasteiger partial charge on any atom is 0.451 e. The summed E-state index contributed by atoms with van der Waals surface area (Å²) >= 11 is 0. The molecule has 0 heterocycles. The second kappa shape index (κ2) is 4.66. The standard InChI is InChI=1S/C9H10BNO2/c11-7-9-3-1-8(2-4-9)5-6-10(12)13/h1-4,12-13H,5-6H2. The van der Waals surface area contributed by atoms with Gasteiger partial charge in [-0.1, -0.05) is 12.1 Å². The van der Waals surface area contributed by atoms with Crippen molar-refractivity contribution >= 4 is 7.12 Å². The Morgan fingerprint density at radius 1 is 1.23 bits per heavy atom. The van der Waals surface area contributed by atoms with Crippen LogP contribution in [0.4, 0.5) is 0 Å². The summed E-state index contributed by atoms with van der Waals surface area (Å²) in [7, 11) is -1.25. The van der Waals surface area contributed by atoms with Gasteiger partial charge in [-0.05, 0) is 30.4 Å². The minimum atomic E-state index is -1.25. The average molecular weight is 175 g/mol. The lowest BCUT2D eigenvalue weighted by Gasteiger charge is -1.99. The van der Waals surface area contributed by atoms with Gasteiger partial charge < -0.3 is 10.0 Å². The Hall–Kier alpha value is -1.31. The van der Waals surface area contributed by atoms with Crippen molar-refractivity contribution in [3.05, 3.63) is 35.4 Å². The van der Waals surface area contributed by atoms with E-state index in [4.69, 9.17) is 15.3 Å². The van der Waals surface area contributed by atoms with Crippen LogP contribution >= 0.6 is 0 Å². The van der Waals surface area contributed by atoms with Crippen LogP contribution < -0.4 is 0 Å². The van der Waals surface area contributed by atoms with Gasteiger partial charge >= 0.3 is 7.12 Å². The van der Waals surface area contributed by atoms with Crippen LogP contribution in [0.2, 0.25) is 6.32 Å². The van der Waals surface area contributed by atoms with Crippen LogP contribution in [-0.2, 0) is 6.42 Å². The molecule has 0 aliphatic carbocycles. The molecule has 0 unspecified atom stereocenters. The van der Waals surface area contributed by atoms with Crippen LogP contribution in [-0.4, -0.2) is 17.2 Å². The molecule has 1 aromatic carbocycles. The zero-order valence-corrected chi connectivity index (χ0v) is 7.14. The van der Waals surface area contributed by atoms with Crippen molar-refractivity contribution in [1.82, 2.24) is 0 Å². The summed E-state index contributed by atoms with van der Waals surface area (Å²) in [4.78, 5) is 0. The van der Waals surface area contributed by atoms with Gasteiger partial charge in [-0.15, -0.1) is 0 Å². The van der Waals surface area contributed by atoms with Crippen LogP contribution in [0.5, 0.6) is 0 Å². The van der Waals surface area contributed by atoms with Crippen molar-refractivity contribution in [3.8, 4) is 6.07 Å². The molecule has 1 rings (SSSR count). The van der Waals surface area contributed by atoms with Crippen molar-refractivity contribution in [3.63, 3.8) is 0 Å². The molecule has 4 heteroatoms. The van der Waals surface area contributed by atoms with Gasteiger partial charge in [0.15, 0.2) is 0 Å². The number of nitrogens with zero attached hydrogens (tertiary/aromatic N) is 1. The van der Waals surface area contributed by atoms with E-state index in [1.54, 1.807) is 12.1 Å². The summed E-state index contributed by atoms with van der Waals surface area (Å²) in [6.45, 7) is 0. The van der Waals surface area contributed by atoms with E-state index >= 15 is 0 Å². The summed E-state index contributed by atoms with van der Waals surface area (Å²) in [5.41, 5.74) is 1.63. The van der Waals surface area contributed by atoms with Crippen LogP contribution in [0.3, 0.4) is 0 Å². The van der Waals surface area contributed by atoms with E-state index in [0.717, 1.165) is 5.56 Å². The first-order valence-corrected chi connectivity index (χ1v) is 4.07. The summed E-state index contributed by atoms with van der Waals surface area (Å²) in [5.74, 6) is 0. The number of nitriles is 1. The lowest BCUT2D eigenvalue weighted by Crippen LogP contribution is -2.10. The predicted molar refractivity (Wildman–Crippen MR) is 49.9 cm³/mol. The number of hydrogen-bond donors (Lipinski definition) is 2. The third kappa shape index (κ3) is 3.28. The van der Waals surface area contributed by atoms with Gasteiger partial charge in [-0.3, -0.25) is 0 Å². The average Bonchev–Trinajstić information content (AvgIpc) is 2.15. The van der Waals surface area contributed by atoms with Crippen LogP contribution in [0.1, 0.15) is 11.1 Å². The van der Waals surface area contributed by atoms with Crippen LogP contribution in [0.25, 0.3) is 0 Å². The number of benzene rings is 1. The highest BCUT2D eigenvalue weighted by Crippen LogP contribution is 2.06. The van der Waals surface area contributed by atoms with Crippen molar-refractivity contribution in [1.29, 1.82) is 5.26 Å². The highest BCUT2D eigenvalue weighted by molar-refractivity contribution is 6.40. The van der Waals surface area contributed by atoms with Crippen molar-refractivity contribution in [2.75, 3.05) is 0 Å². The quantitative estimate of drug-likeness (QED) is 0.660. The molecule has 0 saturated carbocycles. The molecule has 0 aliphatic rings. The maximum absolute atomic E-state index is 8.62. The molecule has 66 valence electrons. The lowest BCUT2D eigenvalue weighted by molar-refractivity contribution is 0.405. The van der Waals surface area contributed by atoms with Crippen molar-refractivity contribution in [2.24, 2.45) is 0 Å². The van der Waals surface area contributed by atoms with Gasteiger partial charge in [0.2, 0.25) is 0 Å². The smallest absolute Gasteiger partial charge is 0.427 e. The van der Waals surface area contributed by atoms with Gasteiger partial charge in [-0.25, -0.2) is 0 Å². The summed E-state index contributed by atoms with van der Waals surface area (Å²) in [5, 5.41) is 25.8. The number of aryl methyl sites for hydroxylation is 1. The predicted octanol–water partition coefficient (Wildman–Crippen LogP) is 0.574. The van der Waals surface area contributed by atoms with E-state index in [2.05, 4.69) is 0 Å². The lowest BCUT2D eigenvalue weighted by atomic mass is 9.83. The monoisotopic (exact) mass is 175 g/mol. The van der Waals surface area contributed by atoms with Crippen molar-refractivity contribution in [2.45, 2.75) is 12.7 Å². The molecule has 1 aromatic rings. The molecule has 0 fully saturated rings. The Balaban J connectivity index is 2.55. The number of rotatable bonds is 3. The summed E-state index contributed by atoms with van der Waals surface area (Å²) < 4.78 is 0. The van der Waals surface area contributed by atoms with Gasteiger partial charge in [0.05, 0.1) is 11.6 Å². The Kier molecular flexibility index (Phi) is 3.50. The third-order valence-corrected chi connectivity index (χ3v) is 1.77. The number of hydrogen-bond acceptors (Lipinski definition) is 3. The van der Waals surface area contributed by atoms with Gasteiger partial charge in [0.1, 0.15) is 0 Å². The molecule has 0 aliphatic heterocycles. The molecule has 3 nitrogen and oxygen atoms in total. The molecule has 2 N–H and O–H groups in total. The SMILES string of the molecule is N#Cc1ccc(CCB(O)O)cc1. The van der Waals surface area contributed by atoms with Gasteiger partial charge in [-0.2, -0.15) is 5.26 Å². The van der Waals surface area contributed by atoms with E-state index in [0.29, 0.717) is 18.3 Å². The van der Waals surface area contributed by atoms with Crippen LogP contribution in [0, 0.1) is 11.3 Å². The third-order valence-electron chi connectivity index (χ3n) is 1.77. The molecule has 0 atom stereocenters. The molecule has 0 spiro atoms. The Bertz CT molecular complexity index is 302. The topological polar surface area (TPSA) is 64.2 Å².